The van der Waals surface area contributed by atoms with E-state index in [4.69, 9.17) is 0 Å². The van der Waals surface area contributed by atoms with Gasteiger partial charge in [0.05, 0.1) is 5.57 Å². The Kier molecular flexibility index (Phi) is 4.06. The zero-order valence-electron chi connectivity index (χ0n) is 9.72. The maximum absolute atomic E-state index is 12.6. The number of rotatable bonds is 4. The van der Waals surface area contributed by atoms with Gasteiger partial charge in [-0.05, 0) is 29.2 Å². The number of aliphatic carboxylic acids is 1. The van der Waals surface area contributed by atoms with Crippen LogP contribution in [0.2, 0.25) is 0 Å². The normalized spacial score (nSPS) is 11.8. The van der Waals surface area contributed by atoms with Crippen LogP contribution in [0, 0.1) is 0 Å². The highest BCUT2D eigenvalue weighted by Crippen LogP contribution is 2.25. The Balaban J connectivity index is 2.42. The lowest BCUT2D eigenvalue weighted by Crippen LogP contribution is -1.97. The van der Waals surface area contributed by atoms with E-state index >= 15 is 0 Å². The topological polar surface area (TPSA) is 37.3 Å². The molecule has 0 radical (unpaired) electrons. The molecule has 1 heterocycles. The summed E-state index contributed by atoms with van der Waals surface area (Å²) in [6.07, 6.45) is -1.16. The van der Waals surface area contributed by atoms with Gasteiger partial charge in [0.1, 0.15) is 0 Å². The summed E-state index contributed by atoms with van der Waals surface area (Å²) in [6, 6.07) is 9.12. The van der Waals surface area contributed by atoms with E-state index in [-0.39, 0.29) is 11.1 Å². The molecule has 2 rings (SSSR count). The summed E-state index contributed by atoms with van der Waals surface area (Å²) < 4.78 is 25.2. The molecule has 0 aliphatic rings. The molecule has 0 aliphatic carbocycles. The number of hydrogen-bond acceptors (Lipinski definition) is 2. The first kappa shape index (κ1) is 13.4. The minimum absolute atomic E-state index is 0.0985. The van der Waals surface area contributed by atoms with E-state index in [0.29, 0.717) is 10.4 Å². The number of carboxylic acid groups (broad SMARTS) is 1. The predicted octanol–water partition coefficient (Wildman–Crippen LogP) is 4.31. The van der Waals surface area contributed by atoms with Crippen molar-refractivity contribution in [2.24, 2.45) is 0 Å². The molecule has 98 valence electrons. The highest BCUT2D eigenvalue weighted by atomic mass is 32.1. The quantitative estimate of drug-likeness (QED) is 0.847. The maximum Gasteiger partial charge on any atom is 0.337 e. The molecule has 0 bridgehead atoms. The third kappa shape index (κ3) is 3.26. The summed E-state index contributed by atoms with van der Waals surface area (Å²) in [5.41, 5.74) is 0.426. The zero-order chi connectivity index (χ0) is 13.8. The Hall–Kier alpha value is -2.01. The van der Waals surface area contributed by atoms with Gasteiger partial charge in [-0.1, -0.05) is 24.3 Å². The molecule has 0 fully saturated rings. The van der Waals surface area contributed by atoms with Crippen LogP contribution in [-0.4, -0.2) is 11.1 Å². The van der Waals surface area contributed by atoms with Crippen LogP contribution in [0.5, 0.6) is 0 Å². The maximum atomic E-state index is 12.6. The lowest BCUT2D eigenvalue weighted by Gasteiger charge is -2.03. The van der Waals surface area contributed by atoms with Gasteiger partial charge in [-0.25, -0.2) is 13.6 Å². The minimum Gasteiger partial charge on any atom is -0.478 e. The monoisotopic (exact) mass is 280 g/mol. The Morgan fingerprint density at radius 1 is 1.26 bits per heavy atom. The fourth-order valence-corrected chi connectivity index (χ4v) is 2.36. The van der Waals surface area contributed by atoms with Crippen molar-refractivity contribution in [1.82, 2.24) is 0 Å². The zero-order valence-corrected chi connectivity index (χ0v) is 10.5. The summed E-state index contributed by atoms with van der Waals surface area (Å²) in [4.78, 5) is 11.8. The van der Waals surface area contributed by atoms with Gasteiger partial charge in [-0.2, -0.15) is 0 Å². The van der Waals surface area contributed by atoms with Crippen molar-refractivity contribution in [3.63, 3.8) is 0 Å². The van der Waals surface area contributed by atoms with E-state index < -0.39 is 12.4 Å². The molecule has 1 aromatic heterocycles. The van der Waals surface area contributed by atoms with E-state index in [1.54, 1.807) is 23.6 Å². The van der Waals surface area contributed by atoms with Crippen LogP contribution in [0.25, 0.3) is 11.6 Å². The van der Waals surface area contributed by atoms with Gasteiger partial charge in [-0.15, -0.1) is 11.3 Å². The van der Waals surface area contributed by atoms with Crippen molar-refractivity contribution in [3.05, 3.63) is 57.8 Å². The van der Waals surface area contributed by atoms with Crippen LogP contribution in [-0.2, 0) is 4.79 Å². The second-order valence-electron chi connectivity index (χ2n) is 3.81. The summed E-state index contributed by atoms with van der Waals surface area (Å²) >= 11 is 1.29. The van der Waals surface area contributed by atoms with E-state index in [0.717, 1.165) is 0 Å². The molecule has 0 amide bonds. The number of alkyl halides is 2. The van der Waals surface area contributed by atoms with Crippen molar-refractivity contribution in [3.8, 4) is 0 Å². The number of thiophene rings is 1. The second-order valence-corrected chi connectivity index (χ2v) is 4.76. The van der Waals surface area contributed by atoms with Gasteiger partial charge in [0.2, 0.25) is 0 Å². The van der Waals surface area contributed by atoms with Gasteiger partial charge in [-0.3, -0.25) is 0 Å². The van der Waals surface area contributed by atoms with Crippen molar-refractivity contribution in [2.75, 3.05) is 0 Å². The number of halogens is 2. The third-order valence-corrected chi connectivity index (χ3v) is 3.39. The van der Waals surface area contributed by atoms with Crippen molar-refractivity contribution < 1.29 is 18.7 Å². The van der Waals surface area contributed by atoms with Crippen molar-refractivity contribution in [1.29, 1.82) is 0 Å². The SMILES string of the molecule is O=C(O)/C(=C/c1cccc(C(F)F)c1)c1cccs1. The number of carbonyl (C=O) groups is 1. The van der Waals surface area contributed by atoms with Crippen LogP contribution in [0.4, 0.5) is 8.78 Å². The Bertz CT molecular complexity index is 604. The first-order valence-corrected chi connectivity index (χ1v) is 6.33. The highest BCUT2D eigenvalue weighted by molar-refractivity contribution is 7.11. The second kappa shape index (κ2) is 5.75. The average molecular weight is 280 g/mol. The summed E-state index contributed by atoms with van der Waals surface area (Å²) in [5.74, 6) is -1.08. The van der Waals surface area contributed by atoms with Crippen LogP contribution in [0.1, 0.15) is 22.4 Å². The molecule has 2 nitrogen and oxygen atoms in total. The van der Waals surface area contributed by atoms with E-state index in [1.807, 2.05) is 0 Å². The molecule has 0 saturated heterocycles. The molecule has 2 aromatic rings. The van der Waals surface area contributed by atoms with Gasteiger partial charge in [0.15, 0.2) is 0 Å². The Morgan fingerprint density at radius 3 is 2.63 bits per heavy atom. The van der Waals surface area contributed by atoms with Gasteiger partial charge in [0.25, 0.3) is 6.43 Å². The molecule has 19 heavy (non-hydrogen) atoms. The summed E-state index contributed by atoms with van der Waals surface area (Å²) in [6.45, 7) is 0. The smallest absolute Gasteiger partial charge is 0.337 e. The van der Waals surface area contributed by atoms with Crippen molar-refractivity contribution >= 4 is 29.0 Å². The molecular weight excluding hydrogens is 270 g/mol. The molecule has 1 aromatic carbocycles. The van der Waals surface area contributed by atoms with Crippen LogP contribution in [0.3, 0.4) is 0 Å². The van der Waals surface area contributed by atoms with E-state index in [1.165, 1.54) is 35.6 Å². The van der Waals surface area contributed by atoms with E-state index in [9.17, 15) is 18.7 Å². The number of benzene rings is 1. The van der Waals surface area contributed by atoms with Gasteiger partial charge >= 0.3 is 5.97 Å². The number of carboxylic acids is 1. The standard InChI is InChI=1S/C14H10F2O2S/c15-13(16)10-4-1-3-9(7-10)8-11(14(17)18)12-5-2-6-19-12/h1-8,13H,(H,17,18)/b11-8+. The summed E-state index contributed by atoms with van der Waals surface area (Å²) in [5, 5.41) is 10.9. The molecule has 0 spiro atoms. The molecule has 1 N–H and O–H groups in total. The van der Waals surface area contributed by atoms with E-state index in [2.05, 4.69) is 0 Å². The first-order chi connectivity index (χ1) is 9.08. The van der Waals surface area contributed by atoms with Crippen LogP contribution >= 0.6 is 11.3 Å². The van der Waals surface area contributed by atoms with Crippen LogP contribution < -0.4 is 0 Å². The molecule has 0 aliphatic heterocycles. The molecule has 0 atom stereocenters. The fraction of sp³-hybridized carbons (Fsp3) is 0.0714. The van der Waals surface area contributed by atoms with Gasteiger partial charge < -0.3 is 5.11 Å². The lowest BCUT2D eigenvalue weighted by atomic mass is 10.1. The summed E-state index contributed by atoms with van der Waals surface area (Å²) in [7, 11) is 0. The molecule has 0 unspecified atom stereocenters. The fourth-order valence-electron chi connectivity index (χ4n) is 1.62. The predicted molar refractivity (Wildman–Crippen MR) is 71.2 cm³/mol. The molecule has 5 heteroatoms. The first-order valence-electron chi connectivity index (χ1n) is 5.45. The highest BCUT2D eigenvalue weighted by Gasteiger charge is 2.12. The molecule has 0 saturated carbocycles. The Morgan fingerprint density at radius 2 is 2.05 bits per heavy atom. The largest absolute Gasteiger partial charge is 0.478 e. The number of hydrogen-bond donors (Lipinski definition) is 1. The van der Waals surface area contributed by atoms with Crippen molar-refractivity contribution in [2.45, 2.75) is 6.43 Å². The average Bonchev–Trinajstić information content (AvgIpc) is 2.89. The minimum atomic E-state index is -2.57. The third-order valence-electron chi connectivity index (χ3n) is 2.49. The Labute approximate surface area is 112 Å². The molecular formula is C14H10F2O2S. The van der Waals surface area contributed by atoms with Crippen LogP contribution in [0.15, 0.2) is 41.8 Å². The van der Waals surface area contributed by atoms with Gasteiger partial charge in [0, 0.05) is 10.4 Å². The lowest BCUT2D eigenvalue weighted by molar-refractivity contribution is -0.130.